The van der Waals surface area contributed by atoms with Gasteiger partial charge in [-0.3, -0.25) is 4.79 Å². The summed E-state index contributed by atoms with van der Waals surface area (Å²) in [6.45, 7) is 1.78. The molecule has 0 amide bonds. The Morgan fingerprint density at radius 1 is 1.33 bits per heavy atom. The van der Waals surface area contributed by atoms with Gasteiger partial charge in [-0.2, -0.15) is 0 Å². The van der Waals surface area contributed by atoms with Gasteiger partial charge in [-0.25, -0.2) is 0 Å². The van der Waals surface area contributed by atoms with Crippen LogP contribution >= 0.6 is 0 Å². The number of rotatable bonds is 2. The molecular weight excluding hydrogens is 188 g/mol. The average Bonchev–Trinajstić information content (AvgIpc) is 2.27. The van der Waals surface area contributed by atoms with Crippen molar-refractivity contribution >= 4 is 5.78 Å². The third kappa shape index (κ3) is 3.70. The summed E-state index contributed by atoms with van der Waals surface area (Å²) in [4.78, 5) is 11.1. The third-order valence-electron chi connectivity index (χ3n) is 1.74. The average molecular weight is 200 g/mol. The Bertz CT molecular complexity index is 416. The first-order valence-electron chi connectivity index (χ1n) is 4.59. The van der Waals surface area contributed by atoms with Gasteiger partial charge >= 0.3 is 0 Å². The maximum absolute atomic E-state index is 11.1. The molecule has 0 radical (unpaired) electrons. The molecule has 76 valence electrons. The van der Waals surface area contributed by atoms with Gasteiger partial charge in [0.25, 0.3) is 0 Å². The topological polar surface area (TPSA) is 26.3 Å². The second kappa shape index (κ2) is 5.66. The second-order valence-electron chi connectivity index (χ2n) is 2.84. The number of ether oxygens (including phenoxy) is 1. The summed E-state index contributed by atoms with van der Waals surface area (Å²) in [7, 11) is 1.61. The van der Waals surface area contributed by atoms with Crippen LogP contribution in [0.1, 0.15) is 12.5 Å². The number of benzene rings is 1. The predicted molar refractivity (Wildman–Crippen MR) is 59.7 cm³/mol. The number of hydrogen-bond acceptors (Lipinski definition) is 2. The molecule has 1 aromatic carbocycles. The minimum Gasteiger partial charge on any atom is -0.497 e. The Labute approximate surface area is 89.6 Å². The maximum Gasteiger partial charge on any atom is 0.228 e. The van der Waals surface area contributed by atoms with E-state index in [2.05, 4.69) is 11.8 Å². The lowest BCUT2D eigenvalue weighted by atomic mass is 10.2. The zero-order valence-corrected chi connectivity index (χ0v) is 8.78. The van der Waals surface area contributed by atoms with E-state index in [9.17, 15) is 4.79 Å². The van der Waals surface area contributed by atoms with Gasteiger partial charge in [0, 0.05) is 5.56 Å². The van der Waals surface area contributed by atoms with Gasteiger partial charge < -0.3 is 4.74 Å². The van der Waals surface area contributed by atoms with E-state index >= 15 is 0 Å². The van der Waals surface area contributed by atoms with Gasteiger partial charge in [0.05, 0.1) is 7.11 Å². The van der Waals surface area contributed by atoms with Crippen molar-refractivity contribution in [2.75, 3.05) is 7.11 Å². The van der Waals surface area contributed by atoms with Crippen LogP contribution in [0.2, 0.25) is 0 Å². The smallest absolute Gasteiger partial charge is 0.228 e. The van der Waals surface area contributed by atoms with E-state index in [0.717, 1.165) is 11.3 Å². The minimum absolute atomic E-state index is 0.187. The molecular formula is C13H12O2. The van der Waals surface area contributed by atoms with Crippen molar-refractivity contribution in [1.29, 1.82) is 0 Å². The standard InChI is InChI=1S/C13H12O2/c1-3-4-12(14)8-5-11-6-9-13(15-2)10-7-11/h3-4,6-7,9-10H,1-2H3/b4-3+. The van der Waals surface area contributed by atoms with Gasteiger partial charge in [-0.05, 0) is 43.2 Å². The lowest BCUT2D eigenvalue weighted by Gasteiger charge is -1.97. The molecule has 0 unspecified atom stereocenters. The molecule has 15 heavy (non-hydrogen) atoms. The molecule has 0 saturated heterocycles. The second-order valence-corrected chi connectivity index (χ2v) is 2.84. The number of carbonyl (C=O) groups is 1. The SMILES string of the molecule is C/C=C/C(=O)C#Cc1ccc(OC)cc1. The molecule has 0 atom stereocenters. The first-order chi connectivity index (χ1) is 7.26. The molecule has 1 aromatic rings. The molecule has 2 heteroatoms. The fourth-order valence-corrected chi connectivity index (χ4v) is 1.00. The lowest BCUT2D eigenvalue weighted by Crippen LogP contribution is -1.86. The highest BCUT2D eigenvalue weighted by Crippen LogP contribution is 2.09. The lowest BCUT2D eigenvalue weighted by molar-refractivity contribution is -0.109. The van der Waals surface area contributed by atoms with Crippen LogP contribution in [0.3, 0.4) is 0 Å². The molecule has 0 saturated carbocycles. The summed E-state index contributed by atoms with van der Waals surface area (Å²) in [5.41, 5.74) is 0.800. The molecule has 2 nitrogen and oxygen atoms in total. The molecule has 0 heterocycles. The molecule has 0 fully saturated rings. The molecule has 0 bridgehead atoms. The monoisotopic (exact) mass is 200 g/mol. The van der Waals surface area contributed by atoms with E-state index < -0.39 is 0 Å². The van der Waals surface area contributed by atoms with Crippen LogP contribution in [0.15, 0.2) is 36.4 Å². The zero-order valence-electron chi connectivity index (χ0n) is 8.78. The van der Waals surface area contributed by atoms with Crippen molar-refractivity contribution in [3.63, 3.8) is 0 Å². The van der Waals surface area contributed by atoms with E-state index in [1.54, 1.807) is 20.1 Å². The van der Waals surface area contributed by atoms with E-state index in [-0.39, 0.29) is 5.78 Å². The first kappa shape index (κ1) is 11.1. The molecule has 0 spiro atoms. The van der Waals surface area contributed by atoms with Crippen molar-refractivity contribution in [3.05, 3.63) is 42.0 Å². The summed E-state index contributed by atoms with van der Waals surface area (Å²) in [6.07, 6.45) is 3.11. The molecule has 0 aliphatic heterocycles. The Morgan fingerprint density at radius 3 is 2.53 bits per heavy atom. The highest BCUT2D eigenvalue weighted by atomic mass is 16.5. The maximum atomic E-state index is 11.1. The van der Waals surface area contributed by atoms with E-state index in [1.165, 1.54) is 6.08 Å². The van der Waals surface area contributed by atoms with Crippen LogP contribution in [0.25, 0.3) is 0 Å². The Hall–Kier alpha value is -2.01. The highest BCUT2D eigenvalue weighted by Gasteiger charge is 1.90. The first-order valence-corrected chi connectivity index (χ1v) is 4.59. The molecule has 0 N–H and O–H groups in total. The van der Waals surface area contributed by atoms with Gasteiger partial charge in [0.15, 0.2) is 0 Å². The summed E-state index contributed by atoms with van der Waals surface area (Å²) >= 11 is 0. The van der Waals surface area contributed by atoms with Crippen LogP contribution in [0.5, 0.6) is 5.75 Å². The van der Waals surface area contributed by atoms with Crippen molar-refractivity contribution < 1.29 is 9.53 Å². The van der Waals surface area contributed by atoms with Crippen LogP contribution in [0, 0.1) is 11.8 Å². The third-order valence-corrected chi connectivity index (χ3v) is 1.74. The fourth-order valence-electron chi connectivity index (χ4n) is 1.00. The van der Waals surface area contributed by atoms with Crippen LogP contribution in [-0.2, 0) is 4.79 Å². The molecule has 1 rings (SSSR count). The summed E-state index contributed by atoms with van der Waals surface area (Å²) in [5, 5.41) is 0. The molecule has 0 aromatic heterocycles. The summed E-state index contributed by atoms with van der Waals surface area (Å²) < 4.78 is 5.01. The van der Waals surface area contributed by atoms with Crippen LogP contribution < -0.4 is 4.74 Å². The molecule has 0 aliphatic carbocycles. The summed E-state index contributed by atoms with van der Waals surface area (Å²) in [6, 6.07) is 7.25. The van der Waals surface area contributed by atoms with E-state index in [0.29, 0.717) is 0 Å². The van der Waals surface area contributed by atoms with Crippen LogP contribution in [-0.4, -0.2) is 12.9 Å². The normalized spacial score (nSPS) is 9.47. The number of methoxy groups -OCH3 is 1. The van der Waals surface area contributed by atoms with Crippen molar-refractivity contribution in [2.45, 2.75) is 6.92 Å². The number of allylic oxidation sites excluding steroid dienone is 2. The van der Waals surface area contributed by atoms with E-state index in [1.807, 2.05) is 24.3 Å². The van der Waals surface area contributed by atoms with Crippen molar-refractivity contribution in [2.24, 2.45) is 0 Å². The quantitative estimate of drug-likeness (QED) is 0.540. The summed E-state index contributed by atoms with van der Waals surface area (Å²) in [5.74, 6) is 5.89. The van der Waals surface area contributed by atoms with Gasteiger partial charge in [0.2, 0.25) is 5.78 Å². The molecule has 0 aliphatic rings. The largest absolute Gasteiger partial charge is 0.497 e. The number of carbonyl (C=O) groups excluding carboxylic acids is 1. The minimum atomic E-state index is -0.187. The van der Waals surface area contributed by atoms with Gasteiger partial charge in [-0.15, -0.1) is 0 Å². The zero-order chi connectivity index (χ0) is 11.1. The Balaban J connectivity index is 2.76. The highest BCUT2D eigenvalue weighted by molar-refractivity contribution is 6.04. The van der Waals surface area contributed by atoms with E-state index in [4.69, 9.17) is 4.74 Å². The van der Waals surface area contributed by atoms with Crippen LogP contribution in [0.4, 0.5) is 0 Å². The van der Waals surface area contributed by atoms with Crippen molar-refractivity contribution in [1.82, 2.24) is 0 Å². The predicted octanol–water partition coefficient (Wildman–Crippen LogP) is 2.19. The van der Waals surface area contributed by atoms with Gasteiger partial charge in [-0.1, -0.05) is 12.0 Å². The fraction of sp³-hybridized carbons (Fsp3) is 0.154. The van der Waals surface area contributed by atoms with Gasteiger partial charge in [0.1, 0.15) is 5.75 Å². The number of ketones is 1. The Morgan fingerprint density at radius 2 is 2.00 bits per heavy atom. The van der Waals surface area contributed by atoms with Crippen molar-refractivity contribution in [3.8, 4) is 17.6 Å². The Kier molecular flexibility index (Phi) is 4.18. The number of hydrogen-bond donors (Lipinski definition) is 0.